The Bertz CT molecular complexity index is 1500. The minimum atomic E-state index is -0.394. The second-order valence-electron chi connectivity index (χ2n) is 9.28. The van der Waals surface area contributed by atoms with E-state index in [2.05, 4.69) is 15.6 Å². The van der Waals surface area contributed by atoms with Crippen LogP contribution in [0.4, 0.5) is 20.0 Å². The summed E-state index contributed by atoms with van der Waals surface area (Å²) in [5.41, 5.74) is 4.62. The van der Waals surface area contributed by atoms with Crippen LogP contribution in [0.3, 0.4) is 0 Å². The van der Waals surface area contributed by atoms with Crippen LogP contribution in [-0.4, -0.2) is 33.6 Å². The van der Waals surface area contributed by atoms with Gasteiger partial charge in [-0.3, -0.25) is 9.63 Å². The Hall–Kier alpha value is -3.89. The number of hydroxylamine groups is 2. The fourth-order valence-corrected chi connectivity index (χ4v) is 5.17. The SMILES string of the molecule is Cc1ccc(-c2ccc3nc(NC(=O)C4CC4)sc3n2)cc1NC(=O)N1OCC[C@H]1c1ccc(F)cc1. The van der Waals surface area contributed by atoms with Crippen molar-refractivity contribution >= 4 is 44.4 Å². The maximum atomic E-state index is 13.4. The lowest BCUT2D eigenvalue weighted by Crippen LogP contribution is -2.33. The Morgan fingerprint density at radius 1 is 1.03 bits per heavy atom. The number of hydrogen-bond acceptors (Lipinski definition) is 6. The van der Waals surface area contributed by atoms with Crippen molar-refractivity contribution in [3.63, 3.8) is 0 Å². The molecule has 37 heavy (non-hydrogen) atoms. The Balaban J connectivity index is 1.21. The van der Waals surface area contributed by atoms with E-state index >= 15 is 0 Å². The lowest BCUT2D eigenvalue weighted by atomic mass is 10.0. The van der Waals surface area contributed by atoms with E-state index < -0.39 is 6.03 Å². The topological polar surface area (TPSA) is 96.4 Å². The molecule has 0 spiro atoms. The third-order valence-electron chi connectivity index (χ3n) is 6.57. The van der Waals surface area contributed by atoms with Gasteiger partial charge in [0.1, 0.15) is 16.2 Å². The number of hydrogen-bond donors (Lipinski definition) is 2. The van der Waals surface area contributed by atoms with Crippen LogP contribution in [-0.2, 0) is 9.63 Å². The number of halogens is 1. The fourth-order valence-electron chi connectivity index (χ4n) is 4.33. The molecule has 1 saturated carbocycles. The Morgan fingerprint density at radius 2 is 1.84 bits per heavy atom. The molecular formula is C27H24FN5O3S. The summed E-state index contributed by atoms with van der Waals surface area (Å²) < 4.78 is 13.4. The van der Waals surface area contributed by atoms with Crippen molar-refractivity contribution in [3.05, 3.63) is 71.5 Å². The Morgan fingerprint density at radius 3 is 2.62 bits per heavy atom. The standard InChI is InChI=1S/C27H24FN5O3S/c1-15-2-3-18(20-10-11-21-25(29-20)37-26(30-21)32-24(34)17-4-5-17)14-22(15)31-27(35)33-23(12-13-36-33)16-6-8-19(28)9-7-16/h2-3,6-11,14,17,23H,4-5,12-13H2,1H3,(H,31,35)(H,30,32,34)/t23-/m0/s1. The predicted molar refractivity (Wildman–Crippen MR) is 140 cm³/mol. The first-order chi connectivity index (χ1) is 17.9. The molecular weight excluding hydrogens is 493 g/mol. The third-order valence-corrected chi connectivity index (χ3v) is 7.45. The maximum absolute atomic E-state index is 13.4. The molecule has 0 unspecified atom stereocenters. The van der Waals surface area contributed by atoms with Gasteiger partial charge >= 0.3 is 6.03 Å². The summed E-state index contributed by atoms with van der Waals surface area (Å²) >= 11 is 1.34. The van der Waals surface area contributed by atoms with Crippen LogP contribution < -0.4 is 10.6 Å². The van der Waals surface area contributed by atoms with Crippen molar-refractivity contribution in [2.75, 3.05) is 17.2 Å². The lowest BCUT2D eigenvalue weighted by molar-refractivity contribution is -0.117. The van der Waals surface area contributed by atoms with E-state index in [1.165, 1.54) is 28.5 Å². The van der Waals surface area contributed by atoms with Crippen LogP contribution in [0.1, 0.15) is 36.4 Å². The molecule has 2 aliphatic rings. The van der Waals surface area contributed by atoms with Crippen molar-refractivity contribution in [1.29, 1.82) is 0 Å². The second-order valence-corrected chi connectivity index (χ2v) is 10.3. The first-order valence-corrected chi connectivity index (χ1v) is 12.9. The summed E-state index contributed by atoms with van der Waals surface area (Å²) in [5, 5.41) is 7.71. The summed E-state index contributed by atoms with van der Waals surface area (Å²) in [6, 6.07) is 14.9. The van der Waals surface area contributed by atoms with Gasteiger partial charge < -0.3 is 10.6 Å². The van der Waals surface area contributed by atoms with E-state index in [9.17, 15) is 14.0 Å². The Labute approximate surface area is 216 Å². The van der Waals surface area contributed by atoms with E-state index in [4.69, 9.17) is 9.82 Å². The van der Waals surface area contributed by atoms with Crippen LogP contribution in [0.2, 0.25) is 0 Å². The van der Waals surface area contributed by atoms with Gasteiger partial charge in [0.2, 0.25) is 5.91 Å². The van der Waals surface area contributed by atoms with Gasteiger partial charge in [0, 0.05) is 23.6 Å². The lowest BCUT2D eigenvalue weighted by Gasteiger charge is -2.23. The first-order valence-electron chi connectivity index (χ1n) is 12.1. The molecule has 0 radical (unpaired) electrons. The van der Waals surface area contributed by atoms with E-state index in [1.54, 1.807) is 12.1 Å². The summed E-state index contributed by atoms with van der Waals surface area (Å²) in [6.45, 7) is 2.31. The van der Waals surface area contributed by atoms with Crippen LogP contribution in [0.5, 0.6) is 0 Å². The van der Waals surface area contributed by atoms with Gasteiger partial charge in [-0.05, 0) is 61.2 Å². The van der Waals surface area contributed by atoms with Gasteiger partial charge in [-0.15, -0.1) is 0 Å². The number of urea groups is 1. The highest BCUT2D eigenvalue weighted by Gasteiger charge is 2.32. The second kappa shape index (κ2) is 9.53. The zero-order chi connectivity index (χ0) is 25.5. The summed E-state index contributed by atoms with van der Waals surface area (Å²) in [5.74, 6) is -0.203. The quantitative estimate of drug-likeness (QED) is 0.335. The van der Waals surface area contributed by atoms with Crippen molar-refractivity contribution in [2.45, 2.75) is 32.2 Å². The number of fused-ring (bicyclic) bond motifs is 1. The van der Waals surface area contributed by atoms with Crippen LogP contribution in [0.25, 0.3) is 21.6 Å². The summed E-state index contributed by atoms with van der Waals surface area (Å²) in [4.78, 5) is 40.8. The molecule has 2 N–H and O–H groups in total. The molecule has 1 aliphatic heterocycles. The summed E-state index contributed by atoms with van der Waals surface area (Å²) in [6.07, 6.45) is 2.49. The summed E-state index contributed by atoms with van der Waals surface area (Å²) in [7, 11) is 0. The molecule has 8 nitrogen and oxygen atoms in total. The third kappa shape index (κ3) is 4.90. The molecule has 3 amide bonds. The smallest absolute Gasteiger partial charge is 0.306 e. The average molecular weight is 518 g/mol. The first kappa shape index (κ1) is 23.5. The molecule has 3 heterocycles. The van der Waals surface area contributed by atoms with Crippen molar-refractivity contribution in [2.24, 2.45) is 5.92 Å². The van der Waals surface area contributed by atoms with Crippen molar-refractivity contribution < 1.29 is 18.8 Å². The molecule has 6 rings (SSSR count). The van der Waals surface area contributed by atoms with E-state index in [0.717, 1.165) is 45.6 Å². The number of aryl methyl sites for hydroxylation is 1. The minimum Gasteiger partial charge on any atom is -0.306 e. The number of aromatic nitrogens is 2. The highest BCUT2D eigenvalue weighted by atomic mass is 32.1. The molecule has 1 atom stereocenters. The van der Waals surface area contributed by atoms with Gasteiger partial charge in [-0.2, -0.15) is 5.06 Å². The molecule has 2 aromatic heterocycles. The highest BCUT2D eigenvalue weighted by molar-refractivity contribution is 7.22. The van der Waals surface area contributed by atoms with Gasteiger partial charge in [-0.1, -0.05) is 35.6 Å². The zero-order valence-corrected chi connectivity index (χ0v) is 20.8. The van der Waals surface area contributed by atoms with Crippen LogP contribution in [0.15, 0.2) is 54.6 Å². The van der Waals surface area contributed by atoms with Gasteiger partial charge in [0.15, 0.2) is 5.13 Å². The monoisotopic (exact) mass is 517 g/mol. The number of carbonyl (C=O) groups excluding carboxylic acids is 2. The molecule has 2 fully saturated rings. The Kier molecular flexibility index (Phi) is 6.05. The average Bonchev–Trinajstić information content (AvgIpc) is 3.49. The number of nitrogens with zero attached hydrogens (tertiary/aromatic N) is 3. The van der Waals surface area contributed by atoms with Crippen molar-refractivity contribution in [1.82, 2.24) is 15.0 Å². The number of pyridine rings is 1. The maximum Gasteiger partial charge on any atom is 0.346 e. The number of rotatable bonds is 5. The molecule has 1 aliphatic carbocycles. The molecule has 4 aromatic rings. The number of amides is 3. The van der Waals surface area contributed by atoms with E-state index in [-0.39, 0.29) is 23.7 Å². The van der Waals surface area contributed by atoms with Gasteiger partial charge in [0.05, 0.1) is 18.3 Å². The van der Waals surface area contributed by atoms with Gasteiger partial charge in [-0.25, -0.2) is 19.2 Å². The number of benzene rings is 2. The molecule has 2 aromatic carbocycles. The van der Waals surface area contributed by atoms with Crippen LogP contribution in [0, 0.1) is 18.7 Å². The predicted octanol–water partition coefficient (Wildman–Crippen LogP) is 6.06. The minimum absolute atomic E-state index is 0.0156. The van der Waals surface area contributed by atoms with Crippen LogP contribution >= 0.6 is 11.3 Å². The largest absolute Gasteiger partial charge is 0.346 e. The number of carbonyl (C=O) groups is 2. The molecule has 188 valence electrons. The number of nitrogens with one attached hydrogen (secondary N) is 2. The fraction of sp³-hybridized carbons (Fsp3) is 0.259. The van der Waals surface area contributed by atoms with Gasteiger partial charge in [0.25, 0.3) is 0 Å². The number of anilines is 2. The number of thiazole rings is 1. The highest BCUT2D eigenvalue weighted by Crippen LogP contribution is 2.34. The van der Waals surface area contributed by atoms with E-state index in [1.807, 2.05) is 37.3 Å². The zero-order valence-electron chi connectivity index (χ0n) is 20.0. The molecule has 1 saturated heterocycles. The molecule has 0 bridgehead atoms. The van der Waals surface area contributed by atoms with Crippen molar-refractivity contribution in [3.8, 4) is 11.3 Å². The normalized spacial score (nSPS) is 17.2. The molecule has 10 heteroatoms. The van der Waals surface area contributed by atoms with E-state index in [0.29, 0.717) is 23.8 Å².